The van der Waals surface area contributed by atoms with Gasteiger partial charge in [0.2, 0.25) is 10.0 Å². The van der Waals surface area contributed by atoms with Gasteiger partial charge in [0.15, 0.2) is 11.5 Å². The molecule has 2 aromatic carbocycles. The van der Waals surface area contributed by atoms with Crippen molar-refractivity contribution in [3.63, 3.8) is 0 Å². The summed E-state index contributed by atoms with van der Waals surface area (Å²) >= 11 is 0. The van der Waals surface area contributed by atoms with Gasteiger partial charge in [0, 0.05) is 31.4 Å². The van der Waals surface area contributed by atoms with Crippen molar-refractivity contribution in [2.75, 3.05) is 32.6 Å². The van der Waals surface area contributed by atoms with Crippen LogP contribution in [-0.4, -0.2) is 45.9 Å². The van der Waals surface area contributed by atoms with Crippen molar-refractivity contribution in [1.29, 1.82) is 0 Å². The summed E-state index contributed by atoms with van der Waals surface area (Å²) in [4.78, 5) is 12.7. The maximum atomic E-state index is 12.6. The monoisotopic (exact) mass is 376 g/mol. The fourth-order valence-electron chi connectivity index (χ4n) is 2.54. The first-order chi connectivity index (χ1) is 12.3. The van der Waals surface area contributed by atoms with Crippen molar-refractivity contribution in [2.24, 2.45) is 0 Å². The predicted octanol–water partition coefficient (Wildman–Crippen LogP) is 2.27. The molecular formula is C18H20N2O5S. The van der Waals surface area contributed by atoms with Gasteiger partial charge in [-0.3, -0.25) is 4.79 Å². The topological polar surface area (TPSA) is 84.9 Å². The Balaban J connectivity index is 1.87. The standard InChI is InChI=1S/C18H20N2O5S/c1-12-4-5-13(10-17(12)26(22,23)20(2)3)18(21)19-14-6-7-15-16(11-14)25-9-8-24-15/h4-7,10-11H,8-9H2,1-3H3,(H,19,21). The summed E-state index contributed by atoms with van der Waals surface area (Å²) < 4.78 is 36.9. The van der Waals surface area contributed by atoms with Crippen LogP contribution in [0.5, 0.6) is 11.5 Å². The largest absolute Gasteiger partial charge is 0.486 e. The van der Waals surface area contributed by atoms with Crippen molar-refractivity contribution in [3.8, 4) is 11.5 Å². The number of benzene rings is 2. The lowest BCUT2D eigenvalue weighted by Gasteiger charge is -2.19. The SMILES string of the molecule is Cc1ccc(C(=O)Nc2ccc3c(c2)OCCO3)cc1S(=O)(=O)N(C)C. The average Bonchev–Trinajstić information content (AvgIpc) is 2.61. The lowest BCUT2D eigenvalue weighted by Crippen LogP contribution is -2.23. The van der Waals surface area contributed by atoms with E-state index in [-0.39, 0.29) is 10.5 Å². The molecule has 0 saturated heterocycles. The van der Waals surface area contributed by atoms with Gasteiger partial charge in [-0.2, -0.15) is 0 Å². The molecular weight excluding hydrogens is 356 g/mol. The van der Waals surface area contributed by atoms with Gasteiger partial charge in [0.25, 0.3) is 5.91 Å². The Morgan fingerprint density at radius 3 is 2.42 bits per heavy atom. The summed E-state index contributed by atoms with van der Waals surface area (Å²) in [5.41, 5.74) is 1.37. The fourth-order valence-corrected chi connectivity index (χ4v) is 3.68. The number of carbonyl (C=O) groups excluding carboxylic acids is 1. The Hall–Kier alpha value is -2.58. The first kappa shape index (κ1) is 18.2. The minimum Gasteiger partial charge on any atom is -0.486 e. The molecule has 0 bridgehead atoms. The van der Waals surface area contributed by atoms with E-state index in [0.717, 1.165) is 4.31 Å². The van der Waals surface area contributed by atoms with Crippen molar-refractivity contribution >= 4 is 21.6 Å². The Morgan fingerprint density at radius 1 is 1.04 bits per heavy atom. The molecule has 1 aliphatic heterocycles. The van der Waals surface area contributed by atoms with Gasteiger partial charge in [0.05, 0.1) is 4.90 Å². The van der Waals surface area contributed by atoms with Crippen LogP contribution < -0.4 is 14.8 Å². The van der Waals surface area contributed by atoms with Crippen LogP contribution in [0.1, 0.15) is 15.9 Å². The number of anilines is 1. The quantitative estimate of drug-likeness (QED) is 0.885. The Bertz CT molecular complexity index is 954. The van der Waals surface area contributed by atoms with Crippen LogP contribution in [0.3, 0.4) is 0 Å². The van der Waals surface area contributed by atoms with Crippen LogP contribution in [0.25, 0.3) is 0 Å². The van der Waals surface area contributed by atoms with E-state index in [4.69, 9.17) is 9.47 Å². The van der Waals surface area contributed by atoms with Crippen molar-refractivity contribution in [3.05, 3.63) is 47.5 Å². The second-order valence-corrected chi connectivity index (χ2v) is 8.20. The normalized spacial score (nSPS) is 13.5. The van der Waals surface area contributed by atoms with Gasteiger partial charge < -0.3 is 14.8 Å². The summed E-state index contributed by atoms with van der Waals surface area (Å²) in [5.74, 6) is 0.787. The number of nitrogens with one attached hydrogen (secondary N) is 1. The molecule has 0 aromatic heterocycles. The number of aryl methyl sites for hydroxylation is 1. The highest BCUT2D eigenvalue weighted by Gasteiger charge is 2.21. The maximum Gasteiger partial charge on any atom is 0.255 e. The molecule has 7 nitrogen and oxygen atoms in total. The first-order valence-electron chi connectivity index (χ1n) is 8.03. The first-order valence-corrected chi connectivity index (χ1v) is 9.47. The Kier molecular flexibility index (Phi) is 4.88. The van der Waals surface area contributed by atoms with Gasteiger partial charge in [-0.1, -0.05) is 6.07 Å². The summed E-state index contributed by atoms with van der Waals surface area (Å²) in [6.45, 7) is 2.64. The van der Waals surface area contributed by atoms with E-state index in [0.29, 0.717) is 36.0 Å². The number of carbonyl (C=O) groups is 1. The molecule has 0 radical (unpaired) electrons. The lowest BCUT2D eigenvalue weighted by molar-refractivity contribution is 0.102. The molecule has 3 rings (SSSR count). The average molecular weight is 376 g/mol. The van der Waals surface area contributed by atoms with E-state index in [1.807, 2.05) is 0 Å². The van der Waals surface area contributed by atoms with Crippen LogP contribution in [0.4, 0.5) is 5.69 Å². The van der Waals surface area contributed by atoms with Crippen LogP contribution in [0, 0.1) is 6.92 Å². The van der Waals surface area contributed by atoms with Gasteiger partial charge >= 0.3 is 0 Å². The summed E-state index contributed by atoms with van der Waals surface area (Å²) in [6, 6.07) is 9.71. The molecule has 0 fully saturated rings. The number of rotatable bonds is 4. The van der Waals surface area contributed by atoms with E-state index in [1.165, 1.54) is 20.2 Å². The van der Waals surface area contributed by atoms with E-state index in [2.05, 4.69) is 5.32 Å². The summed E-state index contributed by atoms with van der Waals surface area (Å²) in [6.07, 6.45) is 0. The highest BCUT2D eigenvalue weighted by molar-refractivity contribution is 7.89. The zero-order valence-corrected chi connectivity index (χ0v) is 15.6. The second kappa shape index (κ2) is 6.97. The molecule has 0 aliphatic carbocycles. The maximum absolute atomic E-state index is 12.6. The molecule has 138 valence electrons. The number of nitrogens with zero attached hydrogens (tertiary/aromatic N) is 1. The van der Waals surface area contributed by atoms with Crippen LogP contribution in [0.15, 0.2) is 41.3 Å². The smallest absolute Gasteiger partial charge is 0.255 e. The highest BCUT2D eigenvalue weighted by atomic mass is 32.2. The Morgan fingerprint density at radius 2 is 1.73 bits per heavy atom. The van der Waals surface area contributed by atoms with Gasteiger partial charge in [-0.05, 0) is 36.8 Å². The molecule has 0 atom stereocenters. The minimum atomic E-state index is -3.63. The van der Waals surface area contributed by atoms with Crippen LogP contribution in [-0.2, 0) is 10.0 Å². The van der Waals surface area contributed by atoms with Gasteiger partial charge in [-0.15, -0.1) is 0 Å². The van der Waals surface area contributed by atoms with Crippen molar-refractivity contribution in [2.45, 2.75) is 11.8 Å². The summed E-state index contributed by atoms with van der Waals surface area (Å²) in [7, 11) is -0.722. The zero-order valence-electron chi connectivity index (χ0n) is 14.8. The second-order valence-electron chi connectivity index (χ2n) is 6.08. The molecule has 0 spiro atoms. The highest BCUT2D eigenvalue weighted by Crippen LogP contribution is 2.32. The number of amides is 1. The van der Waals surface area contributed by atoms with Crippen molar-refractivity contribution < 1.29 is 22.7 Å². The molecule has 1 heterocycles. The van der Waals surface area contributed by atoms with Gasteiger partial charge in [-0.25, -0.2) is 12.7 Å². The third-order valence-electron chi connectivity index (χ3n) is 4.01. The number of hydrogen-bond donors (Lipinski definition) is 1. The molecule has 2 aromatic rings. The third kappa shape index (κ3) is 3.51. The van der Waals surface area contributed by atoms with E-state index >= 15 is 0 Å². The zero-order chi connectivity index (χ0) is 18.9. The molecule has 0 unspecified atom stereocenters. The minimum absolute atomic E-state index is 0.109. The van der Waals surface area contributed by atoms with E-state index in [9.17, 15) is 13.2 Å². The Labute approximate surface area is 152 Å². The lowest BCUT2D eigenvalue weighted by atomic mass is 10.1. The third-order valence-corrected chi connectivity index (χ3v) is 5.97. The molecule has 1 aliphatic rings. The van der Waals surface area contributed by atoms with E-state index in [1.54, 1.807) is 37.3 Å². The number of fused-ring (bicyclic) bond motifs is 1. The molecule has 26 heavy (non-hydrogen) atoms. The van der Waals surface area contributed by atoms with E-state index < -0.39 is 15.9 Å². The molecule has 1 amide bonds. The predicted molar refractivity (Wildman–Crippen MR) is 97.4 cm³/mol. The van der Waals surface area contributed by atoms with Crippen molar-refractivity contribution in [1.82, 2.24) is 4.31 Å². The van der Waals surface area contributed by atoms with Crippen LogP contribution in [0.2, 0.25) is 0 Å². The number of hydrogen-bond acceptors (Lipinski definition) is 5. The van der Waals surface area contributed by atoms with Crippen LogP contribution >= 0.6 is 0 Å². The number of sulfonamides is 1. The molecule has 0 saturated carbocycles. The molecule has 8 heteroatoms. The molecule has 1 N–H and O–H groups in total. The fraction of sp³-hybridized carbons (Fsp3) is 0.278. The number of ether oxygens (including phenoxy) is 2. The summed E-state index contributed by atoms with van der Waals surface area (Å²) in [5, 5.41) is 2.75. The van der Waals surface area contributed by atoms with Gasteiger partial charge in [0.1, 0.15) is 13.2 Å².